The summed E-state index contributed by atoms with van der Waals surface area (Å²) in [4.78, 5) is 0. The fourth-order valence-corrected chi connectivity index (χ4v) is 2.52. The van der Waals surface area contributed by atoms with Gasteiger partial charge < -0.3 is 5.32 Å². The van der Waals surface area contributed by atoms with Crippen molar-refractivity contribution >= 4 is 0 Å². The first-order chi connectivity index (χ1) is 9.02. The molecule has 0 heterocycles. The van der Waals surface area contributed by atoms with Crippen molar-refractivity contribution in [2.75, 3.05) is 7.05 Å². The summed E-state index contributed by atoms with van der Waals surface area (Å²) in [5, 5.41) is 3.14. The molecular weight excluding hydrogens is 237 g/mol. The molecule has 2 heteroatoms. The van der Waals surface area contributed by atoms with Crippen LogP contribution < -0.4 is 5.32 Å². The van der Waals surface area contributed by atoms with Gasteiger partial charge in [0.25, 0.3) is 0 Å². The van der Waals surface area contributed by atoms with Crippen molar-refractivity contribution < 1.29 is 4.39 Å². The average Bonchev–Trinajstić information content (AvgIpc) is 2.31. The number of aryl methyl sites for hydroxylation is 3. The van der Waals surface area contributed by atoms with E-state index in [0.29, 0.717) is 0 Å². The van der Waals surface area contributed by atoms with Crippen molar-refractivity contribution in [3.8, 4) is 11.1 Å². The number of hydrogen-bond donors (Lipinski definition) is 1. The summed E-state index contributed by atoms with van der Waals surface area (Å²) in [6.45, 7) is 6.66. The van der Waals surface area contributed by atoms with Crippen LogP contribution in [-0.4, -0.2) is 7.05 Å². The first-order valence-electron chi connectivity index (χ1n) is 6.54. The van der Waals surface area contributed by atoms with Gasteiger partial charge >= 0.3 is 0 Å². The molecule has 2 rings (SSSR count). The van der Waals surface area contributed by atoms with Crippen molar-refractivity contribution in [2.45, 2.75) is 27.3 Å². The van der Waals surface area contributed by atoms with Crippen molar-refractivity contribution in [3.63, 3.8) is 0 Å². The molecule has 0 fully saturated rings. The highest BCUT2D eigenvalue weighted by Crippen LogP contribution is 2.31. The van der Waals surface area contributed by atoms with E-state index in [0.717, 1.165) is 39.9 Å². The number of benzene rings is 2. The summed E-state index contributed by atoms with van der Waals surface area (Å²) in [5.41, 5.74) is 5.93. The summed E-state index contributed by atoms with van der Waals surface area (Å²) in [6.07, 6.45) is 0. The van der Waals surface area contributed by atoms with Crippen LogP contribution in [0.5, 0.6) is 0 Å². The fraction of sp³-hybridized carbons (Fsp3) is 0.294. The summed E-state index contributed by atoms with van der Waals surface area (Å²) in [5.74, 6) is -0.138. The third-order valence-corrected chi connectivity index (χ3v) is 3.33. The zero-order chi connectivity index (χ0) is 14.0. The van der Waals surface area contributed by atoms with Crippen LogP contribution in [-0.2, 0) is 6.54 Å². The van der Waals surface area contributed by atoms with Crippen molar-refractivity contribution in [1.82, 2.24) is 5.32 Å². The van der Waals surface area contributed by atoms with E-state index in [1.807, 2.05) is 33.9 Å². The van der Waals surface area contributed by atoms with E-state index in [-0.39, 0.29) is 5.82 Å². The Hall–Kier alpha value is -1.67. The molecule has 0 saturated carbocycles. The Balaban J connectivity index is 2.67. The molecule has 0 unspecified atom stereocenters. The molecular formula is C17H20FN. The first-order valence-corrected chi connectivity index (χ1v) is 6.54. The molecule has 2 aromatic rings. The van der Waals surface area contributed by atoms with E-state index in [2.05, 4.69) is 23.5 Å². The maximum Gasteiger partial charge on any atom is 0.131 e. The lowest BCUT2D eigenvalue weighted by Gasteiger charge is -2.14. The molecule has 0 amide bonds. The van der Waals surface area contributed by atoms with E-state index < -0.39 is 0 Å². The second kappa shape index (κ2) is 5.54. The van der Waals surface area contributed by atoms with Gasteiger partial charge in [0.1, 0.15) is 5.82 Å². The second-order valence-corrected chi connectivity index (χ2v) is 5.13. The van der Waals surface area contributed by atoms with Crippen LogP contribution in [0.15, 0.2) is 30.3 Å². The molecule has 0 spiro atoms. The van der Waals surface area contributed by atoms with Gasteiger partial charge in [-0.1, -0.05) is 29.8 Å². The smallest absolute Gasteiger partial charge is 0.131 e. The van der Waals surface area contributed by atoms with Gasteiger partial charge in [-0.05, 0) is 56.1 Å². The average molecular weight is 257 g/mol. The Kier molecular flexibility index (Phi) is 4.01. The number of nitrogens with one attached hydrogen (secondary N) is 1. The monoisotopic (exact) mass is 257 g/mol. The maximum atomic E-state index is 14.3. The van der Waals surface area contributed by atoms with Crippen LogP contribution in [0.1, 0.15) is 22.3 Å². The first kappa shape index (κ1) is 13.8. The molecule has 0 aliphatic carbocycles. The molecule has 2 aromatic carbocycles. The van der Waals surface area contributed by atoms with Crippen LogP contribution in [0, 0.1) is 26.6 Å². The molecule has 0 aromatic heterocycles. The molecule has 0 radical (unpaired) electrons. The van der Waals surface area contributed by atoms with E-state index in [1.165, 1.54) is 0 Å². The van der Waals surface area contributed by atoms with Crippen LogP contribution in [0.25, 0.3) is 11.1 Å². The van der Waals surface area contributed by atoms with Crippen LogP contribution >= 0.6 is 0 Å². The van der Waals surface area contributed by atoms with Crippen LogP contribution in [0.2, 0.25) is 0 Å². The largest absolute Gasteiger partial charge is 0.316 e. The third-order valence-electron chi connectivity index (χ3n) is 3.33. The van der Waals surface area contributed by atoms with Gasteiger partial charge in [-0.3, -0.25) is 0 Å². The molecule has 1 N–H and O–H groups in total. The Morgan fingerprint density at radius 2 is 1.74 bits per heavy atom. The van der Waals surface area contributed by atoms with Gasteiger partial charge in [-0.15, -0.1) is 0 Å². The summed E-state index contributed by atoms with van der Waals surface area (Å²) in [6, 6.07) is 9.84. The van der Waals surface area contributed by atoms with Crippen molar-refractivity contribution in [2.24, 2.45) is 0 Å². The van der Waals surface area contributed by atoms with E-state index in [1.54, 1.807) is 6.07 Å². The highest BCUT2D eigenvalue weighted by Gasteiger charge is 2.13. The minimum Gasteiger partial charge on any atom is -0.316 e. The van der Waals surface area contributed by atoms with Gasteiger partial charge in [0.2, 0.25) is 0 Å². The highest BCUT2D eigenvalue weighted by atomic mass is 19.1. The number of rotatable bonds is 3. The molecule has 0 saturated heterocycles. The van der Waals surface area contributed by atoms with Gasteiger partial charge in [0, 0.05) is 12.1 Å². The second-order valence-electron chi connectivity index (χ2n) is 5.13. The minimum absolute atomic E-state index is 0.138. The minimum atomic E-state index is -0.138. The normalized spacial score (nSPS) is 10.8. The lowest BCUT2D eigenvalue weighted by Crippen LogP contribution is -2.07. The van der Waals surface area contributed by atoms with Gasteiger partial charge in [0.05, 0.1) is 0 Å². The predicted octanol–water partition coefficient (Wildman–Crippen LogP) is 4.14. The van der Waals surface area contributed by atoms with E-state index in [9.17, 15) is 4.39 Å². The molecule has 0 atom stereocenters. The summed E-state index contributed by atoms with van der Waals surface area (Å²) in [7, 11) is 1.90. The van der Waals surface area contributed by atoms with E-state index >= 15 is 0 Å². The Bertz CT molecular complexity index is 579. The lowest BCUT2D eigenvalue weighted by atomic mass is 9.93. The maximum absolute atomic E-state index is 14.3. The third kappa shape index (κ3) is 2.85. The molecule has 19 heavy (non-hydrogen) atoms. The Morgan fingerprint density at radius 3 is 2.37 bits per heavy atom. The van der Waals surface area contributed by atoms with E-state index in [4.69, 9.17) is 0 Å². The zero-order valence-corrected chi connectivity index (χ0v) is 12.0. The summed E-state index contributed by atoms with van der Waals surface area (Å²) < 4.78 is 14.3. The Labute approximate surface area is 114 Å². The van der Waals surface area contributed by atoms with Gasteiger partial charge in [-0.25, -0.2) is 4.39 Å². The molecule has 0 aliphatic rings. The topological polar surface area (TPSA) is 12.0 Å². The van der Waals surface area contributed by atoms with Crippen molar-refractivity contribution in [3.05, 3.63) is 58.4 Å². The molecule has 0 bridgehead atoms. The van der Waals surface area contributed by atoms with Crippen LogP contribution in [0.3, 0.4) is 0 Å². The predicted molar refractivity (Wildman–Crippen MR) is 78.8 cm³/mol. The fourth-order valence-electron chi connectivity index (χ4n) is 2.52. The standard InChI is InChI=1S/C17H20FN/c1-11-5-6-14(10-19-4)15(8-11)17-13(3)7-12(2)9-16(17)18/h5-9,19H,10H2,1-4H3. The van der Waals surface area contributed by atoms with Crippen molar-refractivity contribution in [1.29, 1.82) is 0 Å². The lowest BCUT2D eigenvalue weighted by molar-refractivity contribution is 0.628. The Morgan fingerprint density at radius 1 is 1.00 bits per heavy atom. The molecule has 100 valence electrons. The van der Waals surface area contributed by atoms with Gasteiger partial charge in [-0.2, -0.15) is 0 Å². The zero-order valence-electron chi connectivity index (χ0n) is 12.0. The number of halogens is 1. The molecule has 1 nitrogen and oxygen atoms in total. The SMILES string of the molecule is CNCc1ccc(C)cc1-c1c(C)cc(C)cc1F. The quantitative estimate of drug-likeness (QED) is 0.871. The van der Waals surface area contributed by atoms with Gasteiger partial charge in [0.15, 0.2) is 0 Å². The number of hydrogen-bond acceptors (Lipinski definition) is 1. The summed E-state index contributed by atoms with van der Waals surface area (Å²) >= 11 is 0. The molecule has 0 aliphatic heterocycles. The van der Waals surface area contributed by atoms with Crippen LogP contribution in [0.4, 0.5) is 4.39 Å². The highest BCUT2D eigenvalue weighted by molar-refractivity contribution is 5.72.